The van der Waals surface area contributed by atoms with Gasteiger partial charge in [-0.05, 0) is 31.2 Å². The molecule has 1 aromatic heterocycles. The fourth-order valence-electron chi connectivity index (χ4n) is 1.55. The lowest BCUT2D eigenvalue weighted by molar-refractivity contribution is 0.474. The largest absolute Gasteiger partial charge is 0.269 e. The summed E-state index contributed by atoms with van der Waals surface area (Å²) in [5.41, 5.74) is 2.60. The van der Waals surface area contributed by atoms with Crippen LogP contribution in [0.5, 0.6) is 0 Å². The summed E-state index contributed by atoms with van der Waals surface area (Å²) in [6, 6.07) is 2.24. The molecule has 0 bridgehead atoms. The van der Waals surface area contributed by atoms with Gasteiger partial charge in [-0.1, -0.05) is 27.7 Å². The quantitative estimate of drug-likeness (QED) is 0.704. The predicted octanol–water partition coefficient (Wildman–Crippen LogP) is 3.05. The lowest BCUT2D eigenvalue weighted by atomic mass is 10.1. The Labute approximate surface area is 87.3 Å². The molecule has 1 aromatic rings. The molecule has 0 spiro atoms. The highest BCUT2D eigenvalue weighted by atomic mass is 15.3. The molecule has 0 aromatic carbocycles. The van der Waals surface area contributed by atoms with Gasteiger partial charge in [0.05, 0.1) is 5.69 Å². The Balaban J connectivity index is 2.68. The summed E-state index contributed by atoms with van der Waals surface area (Å²) < 4.78 is 2.18. The van der Waals surface area contributed by atoms with Crippen LogP contribution in [0.1, 0.15) is 45.5 Å². The zero-order valence-corrected chi connectivity index (χ0v) is 9.88. The summed E-state index contributed by atoms with van der Waals surface area (Å²) >= 11 is 0. The van der Waals surface area contributed by atoms with E-state index in [0.29, 0.717) is 0 Å². The van der Waals surface area contributed by atoms with Gasteiger partial charge in [0.2, 0.25) is 0 Å². The standard InChI is InChI=1S/C12H22N2/c1-5-11-9-12(6-2)14(13-11)8-7-10(3)4/h9-10H,5-8H2,1-4H3. The lowest BCUT2D eigenvalue weighted by Crippen LogP contribution is -2.06. The molecule has 2 heteroatoms. The van der Waals surface area contributed by atoms with Gasteiger partial charge in [-0.2, -0.15) is 5.10 Å². The molecule has 0 amide bonds. The smallest absolute Gasteiger partial charge is 0.0624 e. The molecule has 14 heavy (non-hydrogen) atoms. The summed E-state index contributed by atoms with van der Waals surface area (Å²) in [7, 11) is 0. The average Bonchev–Trinajstić information content (AvgIpc) is 2.57. The Bertz CT molecular complexity index is 274. The molecule has 0 unspecified atom stereocenters. The van der Waals surface area contributed by atoms with Crippen molar-refractivity contribution >= 4 is 0 Å². The summed E-state index contributed by atoms with van der Waals surface area (Å²) in [5, 5.41) is 4.59. The minimum Gasteiger partial charge on any atom is -0.269 e. The molecule has 0 radical (unpaired) electrons. The molecule has 0 aliphatic heterocycles. The summed E-state index contributed by atoms with van der Waals surface area (Å²) in [5.74, 6) is 0.758. The number of rotatable bonds is 5. The van der Waals surface area contributed by atoms with E-state index >= 15 is 0 Å². The first kappa shape index (κ1) is 11.3. The van der Waals surface area contributed by atoms with Crippen molar-refractivity contribution in [3.8, 4) is 0 Å². The van der Waals surface area contributed by atoms with Crippen molar-refractivity contribution in [1.82, 2.24) is 9.78 Å². The molecule has 2 nitrogen and oxygen atoms in total. The molecule has 0 saturated carbocycles. The van der Waals surface area contributed by atoms with Crippen molar-refractivity contribution in [1.29, 1.82) is 0 Å². The molecule has 0 atom stereocenters. The average molecular weight is 194 g/mol. The van der Waals surface area contributed by atoms with E-state index in [1.54, 1.807) is 0 Å². The molecule has 0 aliphatic rings. The maximum absolute atomic E-state index is 4.59. The van der Waals surface area contributed by atoms with Gasteiger partial charge in [-0.25, -0.2) is 0 Å². The van der Waals surface area contributed by atoms with Gasteiger partial charge in [0.1, 0.15) is 0 Å². The fourth-order valence-corrected chi connectivity index (χ4v) is 1.55. The van der Waals surface area contributed by atoms with Crippen molar-refractivity contribution in [2.75, 3.05) is 0 Å². The van der Waals surface area contributed by atoms with Crippen LogP contribution in [0.4, 0.5) is 0 Å². The Hall–Kier alpha value is -0.790. The Morgan fingerprint density at radius 1 is 1.29 bits per heavy atom. The van der Waals surface area contributed by atoms with Crippen LogP contribution < -0.4 is 0 Å². The number of nitrogens with zero attached hydrogens (tertiary/aromatic N) is 2. The number of hydrogen-bond acceptors (Lipinski definition) is 1. The molecule has 0 fully saturated rings. The van der Waals surface area contributed by atoms with Crippen LogP contribution in [0.2, 0.25) is 0 Å². The summed E-state index contributed by atoms with van der Waals surface area (Å²) in [6.45, 7) is 9.95. The van der Waals surface area contributed by atoms with Crippen molar-refractivity contribution in [3.05, 3.63) is 17.5 Å². The Morgan fingerprint density at radius 3 is 2.50 bits per heavy atom. The van der Waals surface area contributed by atoms with Crippen molar-refractivity contribution in [2.45, 2.75) is 53.5 Å². The highest BCUT2D eigenvalue weighted by Crippen LogP contribution is 2.09. The third kappa shape index (κ3) is 2.86. The zero-order chi connectivity index (χ0) is 10.6. The van der Waals surface area contributed by atoms with Crippen LogP contribution in [0.25, 0.3) is 0 Å². The van der Waals surface area contributed by atoms with Crippen molar-refractivity contribution < 1.29 is 0 Å². The lowest BCUT2D eigenvalue weighted by Gasteiger charge is -2.07. The third-order valence-electron chi connectivity index (χ3n) is 2.56. The minimum atomic E-state index is 0.758. The van der Waals surface area contributed by atoms with Gasteiger partial charge >= 0.3 is 0 Å². The summed E-state index contributed by atoms with van der Waals surface area (Å²) in [6.07, 6.45) is 3.35. The topological polar surface area (TPSA) is 17.8 Å². The van der Waals surface area contributed by atoms with Crippen LogP contribution in [-0.2, 0) is 19.4 Å². The first-order chi connectivity index (χ1) is 6.67. The van der Waals surface area contributed by atoms with E-state index in [4.69, 9.17) is 0 Å². The molecule has 80 valence electrons. The SMILES string of the molecule is CCc1cc(CC)n(CCC(C)C)n1. The maximum atomic E-state index is 4.59. The van der Waals surface area contributed by atoms with Gasteiger partial charge in [0, 0.05) is 12.2 Å². The monoisotopic (exact) mass is 194 g/mol. The Kier molecular flexibility index (Phi) is 4.18. The third-order valence-corrected chi connectivity index (χ3v) is 2.56. The second-order valence-electron chi connectivity index (χ2n) is 4.24. The second-order valence-corrected chi connectivity index (χ2v) is 4.24. The maximum Gasteiger partial charge on any atom is 0.0624 e. The van der Waals surface area contributed by atoms with Gasteiger partial charge in [0.15, 0.2) is 0 Å². The molecule has 0 aliphatic carbocycles. The van der Waals surface area contributed by atoms with E-state index in [1.165, 1.54) is 17.8 Å². The fraction of sp³-hybridized carbons (Fsp3) is 0.750. The Morgan fingerprint density at radius 2 is 2.00 bits per heavy atom. The zero-order valence-electron chi connectivity index (χ0n) is 9.88. The van der Waals surface area contributed by atoms with Crippen LogP contribution >= 0.6 is 0 Å². The van der Waals surface area contributed by atoms with Gasteiger partial charge in [0.25, 0.3) is 0 Å². The normalized spacial score (nSPS) is 11.2. The first-order valence-electron chi connectivity index (χ1n) is 5.73. The molecular weight excluding hydrogens is 172 g/mol. The number of aryl methyl sites for hydroxylation is 3. The highest BCUT2D eigenvalue weighted by molar-refractivity contribution is 5.10. The first-order valence-corrected chi connectivity index (χ1v) is 5.73. The second kappa shape index (κ2) is 5.18. The van der Waals surface area contributed by atoms with Crippen LogP contribution in [0.3, 0.4) is 0 Å². The predicted molar refractivity (Wildman–Crippen MR) is 60.4 cm³/mol. The van der Waals surface area contributed by atoms with Gasteiger partial charge < -0.3 is 0 Å². The molecule has 1 rings (SSSR count). The van der Waals surface area contributed by atoms with E-state index in [2.05, 4.69) is 43.5 Å². The van der Waals surface area contributed by atoms with Gasteiger partial charge in [-0.15, -0.1) is 0 Å². The molecule has 1 heterocycles. The minimum absolute atomic E-state index is 0.758. The van der Waals surface area contributed by atoms with Crippen molar-refractivity contribution in [3.63, 3.8) is 0 Å². The molecular formula is C12H22N2. The summed E-state index contributed by atoms with van der Waals surface area (Å²) in [4.78, 5) is 0. The van der Waals surface area contributed by atoms with Crippen molar-refractivity contribution in [2.24, 2.45) is 5.92 Å². The van der Waals surface area contributed by atoms with Crippen LogP contribution in [0, 0.1) is 5.92 Å². The van der Waals surface area contributed by atoms with E-state index in [0.717, 1.165) is 25.3 Å². The molecule has 0 N–H and O–H groups in total. The highest BCUT2D eigenvalue weighted by Gasteiger charge is 2.05. The number of aromatic nitrogens is 2. The van der Waals surface area contributed by atoms with Gasteiger partial charge in [-0.3, -0.25) is 4.68 Å². The van der Waals surface area contributed by atoms with E-state index < -0.39 is 0 Å². The van der Waals surface area contributed by atoms with E-state index in [-0.39, 0.29) is 0 Å². The van der Waals surface area contributed by atoms with Crippen LogP contribution in [-0.4, -0.2) is 9.78 Å². The number of hydrogen-bond donors (Lipinski definition) is 0. The van der Waals surface area contributed by atoms with Crippen LogP contribution in [0.15, 0.2) is 6.07 Å². The molecule has 0 saturated heterocycles. The van der Waals surface area contributed by atoms with E-state index in [9.17, 15) is 0 Å². The van der Waals surface area contributed by atoms with E-state index in [1.807, 2.05) is 0 Å².